The van der Waals surface area contributed by atoms with E-state index in [9.17, 15) is 4.79 Å². The molecule has 0 unspecified atom stereocenters. The second-order valence-electron chi connectivity index (χ2n) is 8.27. The Hall–Kier alpha value is -0.870. The topological polar surface area (TPSA) is 32.3 Å². The zero-order chi connectivity index (χ0) is 15.4. The van der Waals surface area contributed by atoms with Gasteiger partial charge in [0.1, 0.15) is 0 Å². The van der Waals surface area contributed by atoms with Crippen molar-refractivity contribution in [3.05, 3.63) is 22.4 Å². The predicted molar refractivity (Wildman–Crippen MR) is 92.1 cm³/mol. The summed E-state index contributed by atoms with van der Waals surface area (Å²) < 4.78 is 0. The highest BCUT2D eigenvalue weighted by molar-refractivity contribution is 7.07. The third kappa shape index (κ3) is 2.64. The van der Waals surface area contributed by atoms with E-state index < -0.39 is 0 Å². The fourth-order valence-corrected chi connectivity index (χ4v) is 5.57. The molecule has 1 N–H and O–H groups in total. The van der Waals surface area contributed by atoms with Crippen molar-refractivity contribution in [2.75, 3.05) is 13.1 Å². The number of nitrogens with one attached hydrogen (secondary N) is 1. The van der Waals surface area contributed by atoms with Crippen molar-refractivity contribution < 1.29 is 4.79 Å². The Morgan fingerprint density at radius 2 is 2.17 bits per heavy atom. The molecule has 3 nitrogen and oxygen atoms in total. The van der Waals surface area contributed by atoms with Crippen LogP contribution in [0.3, 0.4) is 0 Å². The Balaban J connectivity index is 1.33. The second-order valence-corrected chi connectivity index (χ2v) is 9.05. The first-order valence-electron chi connectivity index (χ1n) is 9.29. The van der Waals surface area contributed by atoms with Gasteiger partial charge < -0.3 is 10.2 Å². The van der Waals surface area contributed by atoms with E-state index in [4.69, 9.17) is 0 Å². The average Bonchev–Trinajstić information content (AvgIpc) is 3.46. The lowest BCUT2D eigenvalue weighted by atomic mass is 9.93. The summed E-state index contributed by atoms with van der Waals surface area (Å²) in [6, 6.07) is 2.70. The summed E-state index contributed by atoms with van der Waals surface area (Å²) in [6.45, 7) is 3.10. The highest BCUT2D eigenvalue weighted by atomic mass is 32.1. The third-order valence-electron chi connectivity index (χ3n) is 6.72. The molecule has 23 heavy (non-hydrogen) atoms. The van der Waals surface area contributed by atoms with Gasteiger partial charge in [0, 0.05) is 18.5 Å². The van der Waals surface area contributed by atoms with Crippen LogP contribution in [0, 0.1) is 23.2 Å². The van der Waals surface area contributed by atoms with Crippen molar-refractivity contribution in [2.24, 2.45) is 23.2 Å². The molecule has 1 saturated heterocycles. The zero-order valence-corrected chi connectivity index (χ0v) is 14.5. The Labute approximate surface area is 142 Å². The SMILES string of the molecule is O=C([C@@H]1C[C@@H]1C1CC1)N(Cc1ccsc1)[C@@H]1CC12CCNCC2. The minimum Gasteiger partial charge on any atom is -0.335 e. The van der Waals surface area contributed by atoms with Gasteiger partial charge in [-0.2, -0.15) is 11.3 Å². The molecule has 4 aliphatic rings. The molecule has 2 heterocycles. The van der Waals surface area contributed by atoms with E-state index in [1.54, 1.807) is 11.3 Å². The van der Waals surface area contributed by atoms with Crippen LogP contribution in [0.15, 0.2) is 16.8 Å². The van der Waals surface area contributed by atoms with E-state index in [1.165, 1.54) is 44.1 Å². The molecule has 3 aliphatic carbocycles. The number of thiophene rings is 1. The molecule has 0 aromatic carbocycles. The average molecular weight is 330 g/mol. The van der Waals surface area contributed by atoms with E-state index in [-0.39, 0.29) is 0 Å². The molecule has 1 aliphatic heterocycles. The van der Waals surface area contributed by atoms with Gasteiger partial charge in [-0.15, -0.1) is 0 Å². The highest BCUT2D eigenvalue weighted by Gasteiger charge is 2.60. The molecule has 5 rings (SSSR count). The largest absolute Gasteiger partial charge is 0.335 e. The van der Waals surface area contributed by atoms with Crippen molar-refractivity contribution in [1.82, 2.24) is 10.2 Å². The molecule has 1 spiro atoms. The Morgan fingerprint density at radius 1 is 1.35 bits per heavy atom. The number of carbonyl (C=O) groups excluding carboxylic acids is 1. The molecular weight excluding hydrogens is 304 g/mol. The number of hydrogen-bond acceptors (Lipinski definition) is 3. The number of carbonyl (C=O) groups is 1. The molecule has 1 amide bonds. The lowest BCUT2D eigenvalue weighted by Gasteiger charge is -2.30. The zero-order valence-electron chi connectivity index (χ0n) is 13.7. The normalized spacial score (nSPS) is 34.3. The van der Waals surface area contributed by atoms with Crippen LogP contribution >= 0.6 is 11.3 Å². The summed E-state index contributed by atoms with van der Waals surface area (Å²) in [5.74, 6) is 2.46. The summed E-state index contributed by atoms with van der Waals surface area (Å²) in [7, 11) is 0. The molecule has 124 valence electrons. The molecule has 3 atom stereocenters. The minimum atomic E-state index is 0.362. The summed E-state index contributed by atoms with van der Waals surface area (Å²) in [5.41, 5.74) is 1.77. The van der Waals surface area contributed by atoms with Crippen LogP contribution in [0.25, 0.3) is 0 Å². The van der Waals surface area contributed by atoms with Crippen molar-refractivity contribution in [3.8, 4) is 0 Å². The first-order valence-corrected chi connectivity index (χ1v) is 10.2. The molecule has 1 aromatic heterocycles. The number of nitrogens with zero attached hydrogens (tertiary/aromatic N) is 1. The van der Waals surface area contributed by atoms with Gasteiger partial charge in [-0.05, 0) is 91.3 Å². The van der Waals surface area contributed by atoms with Gasteiger partial charge in [-0.25, -0.2) is 0 Å². The Morgan fingerprint density at radius 3 is 2.87 bits per heavy atom. The van der Waals surface area contributed by atoms with Gasteiger partial charge in [0.2, 0.25) is 5.91 Å². The standard InChI is InChI=1S/C19H26N2OS/c22-18(16-9-15(16)14-1-2-14)21(11-13-3-8-23-12-13)17-10-19(17)4-6-20-7-5-19/h3,8,12,14-17,20H,1-2,4-7,9-11H2/t15-,16-,17-/m1/s1. The molecular formula is C19H26N2OS. The van der Waals surface area contributed by atoms with E-state index >= 15 is 0 Å². The van der Waals surface area contributed by atoms with Crippen molar-refractivity contribution >= 4 is 17.2 Å². The smallest absolute Gasteiger partial charge is 0.226 e. The first kappa shape index (κ1) is 14.5. The monoisotopic (exact) mass is 330 g/mol. The van der Waals surface area contributed by atoms with Crippen molar-refractivity contribution in [3.63, 3.8) is 0 Å². The lowest BCUT2D eigenvalue weighted by Crippen LogP contribution is -2.40. The maximum absolute atomic E-state index is 13.2. The fraction of sp³-hybridized carbons (Fsp3) is 0.737. The van der Waals surface area contributed by atoms with Crippen LogP contribution in [0.5, 0.6) is 0 Å². The van der Waals surface area contributed by atoms with Gasteiger partial charge >= 0.3 is 0 Å². The second kappa shape index (κ2) is 5.32. The van der Waals surface area contributed by atoms with Crippen molar-refractivity contribution in [1.29, 1.82) is 0 Å². The van der Waals surface area contributed by atoms with Crippen LogP contribution in [-0.2, 0) is 11.3 Å². The maximum Gasteiger partial charge on any atom is 0.226 e. The predicted octanol–water partition coefficient (Wildman–Crippen LogP) is 3.26. The minimum absolute atomic E-state index is 0.362. The quantitative estimate of drug-likeness (QED) is 0.899. The lowest BCUT2D eigenvalue weighted by molar-refractivity contribution is -0.135. The summed E-state index contributed by atoms with van der Waals surface area (Å²) in [4.78, 5) is 15.5. The number of piperidine rings is 1. The molecule has 0 bridgehead atoms. The van der Waals surface area contributed by atoms with E-state index in [2.05, 4.69) is 27.0 Å². The van der Waals surface area contributed by atoms with Gasteiger partial charge in [0.15, 0.2) is 0 Å². The van der Waals surface area contributed by atoms with Gasteiger partial charge in [-0.3, -0.25) is 4.79 Å². The van der Waals surface area contributed by atoms with Crippen molar-refractivity contribution in [2.45, 2.75) is 51.1 Å². The summed E-state index contributed by atoms with van der Waals surface area (Å²) in [6.07, 6.45) is 7.66. The van der Waals surface area contributed by atoms with E-state index in [1.807, 2.05) is 0 Å². The van der Waals surface area contributed by atoms with Crippen LogP contribution in [0.2, 0.25) is 0 Å². The first-order chi connectivity index (χ1) is 11.3. The van der Waals surface area contributed by atoms with E-state index in [0.717, 1.165) is 31.5 Å². The van der Waals surface area contributed by atoms with Crippen LogP contribution < -0.4 is 5.32 Å². The molecule has 3 saturated carbocycles. The van der Waals surface area contributed by atoms with Gasteiger partial charge in [0.05, 0.1) is 0 Å². The van der Waals surface area contributed by atoms with Crippen LogP contribution in [0.4, 0.5) is 0 Å². The number of rotatable bonds is 5. The number of hydrogen-bond donors (Lipinski definition) is 1. The molecule has 4 heteroatoms. The maximum atomic E-state index is 13.2. The van der Waals surface area contributed by atoms with Crippen LogP contribution in [0.1, 0.15) is 44.1 Å². The fourth-order valence-electron chi connectivity index (χ4n) is 4.91. The summed E-state index contributed by atoms with van der Waals surface area (Å²) >= 11 is 1.74. The van der Waals surface area contributed by atoms with Gasteiger partial charge in [0.25, 0.3) is 0 Å². The van der Waals surface area contributed by atoms with Gasteiger partial charge in [-0.1, -0.05) is 0 Å². The molecule has 0 radical (unpaired) electrons. The summed E-state index contributed by atoms with van der Waals surface area (Å²) in [5, 5.41) is 7.82. The van der Waals surface area contributed by atoms with Crippen LogP contribution in [-0.4, -0.2) is 29.9 Å². The Kier molecular flexibility index (Phi) is 3.35. The number of amides is 1. The Bertz CT molecular complexity index is 589. The van der Waals surface area contributed by atoms with E-state index in [0.29, 0.717) is 23.3 Å². The molecule has 1 aromatic rings. The molecule has 4 fully saturated rings. The third-order valence-corrected chi connectivity index (χ3v) is 7.45. The highest BCUT2D eigenvalue weighted by Crippen LogP contribution is 2.59.